The Morgan fingerprint density at radius 3 is 2.09 bits per heavy atom. The molecule has 2 saturated heterocycles. The van der Waals surface area contributed by atoms with E-state index in [4.69, 9.17) is 5.11 Å². The number of urea groups is 1. The van der Waals surface area contributed by atoms with Crippen LogP contribution in [0.3, 0.4) is 0 Å². The van der Waals surface area contributed by atoms with Crippen molar-refractivity contribution in [3.8, 4) is 0 Å². The van der Waals surface area contributed by atoms with E-state index >= 15 is 0 Å². The van der Waals surface area contributed by atoms with Gasteiger partial charge >= 0.3 is 12.0 Å². The quantitative estimate of drug-likeness (QED) is 0.811. The van der Waals surface area contributed by atoms with Gasteiger partial charge in [0.2, 0.25) is 5.91 Å². The third kappa shape index (κ3) is 4.36. The minimum atomic E-state index is -0.970. The third-order valence-electron chi connectivity index (χ3n) is 4.80. The fourth-order valence-electron chi connectivity index (χ4n) is 2.97. The van der Waals surface area contributed by atoms with Crippen LogP contribution in [0, 0.1) is 11.3 Å². The molecule has 0 aromatic rings. The molecule has 2 aliphatic rings. The molecule has 0 aliphatic carbocycles. The lowest BCUT2D eigenvalue weighted by Gasteiger charge is -2.34. The molecule has 2 heterocycles. The van der Waals surface area contributed by atoms with Crippen LogP contribution in [0.15, 0.2) is 0 Å². The second-order valence-corrected chi connectivity index (χ2v) is 7.14. The SMILES string of the molecule is CC(C)(CNC(=O)C1CCN(C(=O)N2CCCC2)CC1)C(=O)O. The maximum Gasteiger partial charge on any atom is 0.319 e. The van der Waals surface area contributed by atoms with Crippen LogP contribution in [0.5, 0.6) is 0 Å². The van der Waals surface area contributed by atoms with Crippen molar-refractivity contribution in [1.29, 1.82) is 0 Å². The van der Waals surface area contributed by atoms with Gasteiger partial charge in [0.05, 0.1) is 5.41 Å². The van der Waals surface area contributed by atoms with E-state index in [1.54, 1.807) is 13.8 Å². The first kappa shape index (κ1) is 17.6. The second kappa shape index (κ2) is 7.19. The summed E-state index contributed by atoms with van der Waals surface area (Å²) in [4.78, 5) is 39.2. The number of rotatable bonds is 4. The van der Waals surface area contributed by atoms with Crippen LogP contribution in [0.1, 0.15) is 39.5 Å². The number of hydrogen-bond donors (Lipinski definition) is 2. The van der Waals surface area contributed by atoms with E-state index in [0.717, 1.165) is 25.9 Å². The van der Waals surface area contributed by atoms with Gasteiger partial charge in [-0.1, -0.05) is 0 Å². The van der Waals surface area contributed by atoms with Gasteiger partial charge in [0.1, 0.15) is 0 Å². The zero-order valence-corrected chi connectivity index (χ0v) is 14.0. The summed E-state index contributed by atoms with van der Waals surface area (Å²) in [7, 11) is 0. The Kier molecular flexibility index (Phi) is 5.49. The van der Waals surface area contributed by atoms with Crippen LogP contribution in [0.4, 0.5) is 4.79 Å². The molecule has 7 nitrogen and oxygen atoms in total. The van der Waals surface area contributed by atoms with E-state index in [0.29, 0.717) is 25.9 Å². The minimum absolute atomic E-state index is 0.0911. The number of nitrogens with one attached hydrogen (secondary N) is 1. The lowest BCUT2D eigenvalue weighted by atomic mass is 9.92. The fourth-order valence-corrected chi connectivity index (χ4v) is 2.97. The summed E-state index contributed by atoms with van der Waals surface area (Å²) in [5.74, 6) is -1.17. The summed E-state index contributed by atoms with van der Waals surface area (Å²) in [5, 5.41) is 11.8. The molecule has 0 aromatic carbocycles. The van der Waals surface area contributed by atoms with Crippen LogP contribution >= 0.6 is 0 Å². The van der Waals surface area contributed by atoms with E-state index in [9.17, 15) is 14.4 Å². The summed E-state index contributed by atoms with van der Waals surface area (Å²) in [5.41, 5.74) is -0.970. The van der Waals surface area contributed by atoms with E-state index in [-0.39, 0.29) is 24.4 Å². The predicted octanol–water partition coefficient (Wildman–Crippen LogP) is 1.14. The molecule has 7 heteroatoms. The number of carboxylic acid groups (broad SMARTS) is 1. The molecular formula is C16H27N3O4. The van der Waals surface area contributed by atoms with Gasteiger partial charge < -0.3 is 20.2 Å². The summed E-state index contributed by atoms with van der Waals surface area (Å²) < 4.78 is 0. The summed E-state index contributed by atoms with van der Waals surface area (Å²) in [6.07, 6.45) is 3.42. The van der Waals surface area contributed by atoms with Gasteiger partial charge in [0.15, 0.2) is 0 Å². The molecule has 2 rings (SSSR count). The maximum absolute atomic E-state index is 12.3. The van der Waals surface area contributed by atoms with Gasteiger partial charge in [0, 0.05) is 38.6 Å². The van der Waals surface area contributed by atoms with E-state index < -0.39 is 11.4 Å². The first-order valence-electron chi connectivity index (χ1n) is 8.36. The standard InChI is InChI=1S/C16H27N3O4/c1-16(2,14(21)22)11-17-13(20)12-5-9-19(10-6-12)15(23)18-7-3-4-8-18/h12H,3-11H2,1-2H3,(H,17,20)(H,21,22). The van der Waals surface area contributed by atoms with Crippen molar-refractivity contribution in [2.75, 3.05) is 32.7 Å². The van der Waals surface area contributed by atoms with E-state index in [2.05, 4.69) is 5.32 Å². The second-order valence-electron chi connectivity index (χ2n) is 7.14. The lowest BCUT2D eigenvalue weighted by Crippen LogP contribution is -2.48. The molecule has 0 radical (unpaired) electrons. The number of amides is 3. The van der Waals surface area contributed by atoms with Gasteiger partial charge in [-0.05, 0) is 39.5 Å². The minimum Gasteiger partial charge on any atom is -0.481 e. The van der Waals surface area contributed by atoms with Crippen LogP contribution in [0.2, 0.25) is 0 Å². The van der Waals surface area contributed by atoms with E-state index in [1.807, 2.05) is 9.80 Å². The average Bonchev–Trinajstić information content (AvgIpc) is 3.06. The smallest absolute Gasteiger partial charge is 0.319 e. The number of aliphatic carboxylic acids is 1. The number of nitrogens with zero attached hydrogens (tertiary/aromatic N) is 2. The highest BCUT2D eigenvalue weighted by atomic mass is 16.4. The lowest BCUT2D eigenvalue weighted by molar-refractivity contribution is -0.147. The Morgan fingerprint density at radius 2 is 1.57 bits per heavy atom. The Morgan fingerprint density at radius 1 is 1.04 bits per heavy atom. The number of hydrogen-bond acceptors (Lipinski definition) is 3. The highest BCUT2D eigenvalue weighted by Crippen LogP contribution is 2.21. The van der Waals surface area contributed by atoms with Gasteiger partial charge in [-0.3, -0.25) is 9.59 Å². The van der Waals surface area contributed by atoms with E-state index in [1.165, 1.54) is 0 Å². The summed E-state index contributed by atoms with van der Waals surface area (Å²) in [6.45, 7) is 6.16. The van der Waals surface area contributed by atoms with Crippen molar-refractivity contribution in [2.24, 2.45) is 11.3 Å². The highest BCUT2D eigenvalue weighted by molar-refractivity contribution is 5.81. The molecule has 2 aliphatic heterocycles. The van der Waals surface area contributed by atoms with Crippen LogP contribution < -0.4 is 5.32 Å². The third-order valence-corrected chi connectivity index (χ3v) is 4.80. The van der Waals surface area contributed by atoms with Crippen molar-refractivity contribution in [2.45, 2.75) is 39.5 Å². The molecule has 0 spiro atoms. The first-order valence-corrected chi connectivity index (χ1v) is 8.36. The molecule has 0 atom stereocenters. The number of carbonyl (C=O) groups excluding carboxylic acids is 2. The molecule has 0 aromatic heterocycles. The van der Waals surface area contributed by atoms with Gasteiger partial charge in [-0.2, -0.15) is 0 Å². The maximum atomic E-state index is 12.3. The molecular weight excluding hydrogens is 298 g/mol. The molecule has 130 valence electrons. The Labute approximate surface area is 137 Å². The largest absolute Gasteiger partial charge is 0.481 e. The molecule has 3 amide bonds. The van der Waals surface area contributed by atoms with Crippen molar-refractivity contribution in [3.05, 3.63) is 0 Å². The van der Waals surface area contributed by atoms with Gasteiger partial charge in [-0.15, -0.1) is 0 Å². The zero-order valence-electron chi connectivity index (χ0n) is 14.0. The predicted molar refractivity (Wildman–Crippen MR) is 84.9 cm³/mol. The summed E-state index contributed by atoms with van der Waals surface area (Å²) >= 11 is 0. The monoisotopic (exact) mass is 325 g/mol. The molecule has 2 N–H and O–H groups in total. The van der Waals surface area contributed by atoms with Gasteiger partial charge in [0.25, 0.3) is 0 Å². The topological polar surface area (TPSA) is 90.0 Å². The van der Waals surface area contributed by atoms with Crippen LogP contribution in [-0.2, 0) is 9.59 Å². The average molecular weight is 325 g/mol. The Balaban J connectivity index is 1.76. The number of likely N-dealkylation sites (tertiary alicyclic amines) is 2. The normalized spacial score (nSPS) is 19.7. The first-order chi connectivity index (χ1) is 10.8. The highest BCUT2D eigenvalue weighted by Gasteiger charge is 2.32. The van der Waals surface area contributed by atoms with Crippen molar-refractivity contribution < 1.29 is 19.5 Å². The molecule has 0 bridgehead atoms. The zero-order chi connectivity index (χ0) is 17.0. The number of carbonyl (C=O) groups is 3. The van der Waals surface area contributed by atoms with Crippen LogP contribution in [0.25, 0.3) is 0 Å². The Bertz CT molecular complexity index is 464. The summed E-state index contributed by atoms with van der Waals surface area (Å²) in [6, 6.07) is 0.0911. The van der Waals surface area contributed by atoms with Crippen molar-refractivity contribution in [3.63, 3.8) is 0 Å². The number of carboxylic acids is 1. The molecule has 23 heavy (non-hydrogen) atoms. The van der Waals surface area contributed by atoms with Gasteiger partial charge in [-0.25, -0.2) is 4.79 Å². The molecule has 2 fully saturated rings. The molecule has 0 saturated carbocycles. The van der Waals surface area contributed by atoms with Crippen molar-refractivity contribution in [1.82, 2.24) is 15.1 Å². The fraction of sp³-hybridized carbons (Fsp3) is 0.812. The Hall–Kier alpha value is -1.79. The number of piperidine rings is 1. The molecule has 0 unspecified atom stereocenters. The van der Waals surface area contributed by atoms with Crippen LogP contribution in [-0.4, -0.2) is 65.5 Å². The van der Waals surface area contributed by atoms with Crippen molar-refractivity contribution >= 4 is 17.9 Å².